The molecule has 2 aliphatic heterocycles. The van der Waals surface area contributed by atoms with E-state index in [1.54, 1.807) is 18.5 Å². The molecule has 2 aromatic carbocycles. The number of benzene rings is 2. The number of halogens is 2. The topological polar surface area (TPSA) is 186 Å². The predicted molar refractivity (Wildman–Crippen MR) is 192 cm³/mol. The van der Waals surface area contributed by atoms with E-state index < -0.39 is 34.4 Å². The number of carbonyl (C=O) groups excluding carboxylic acids is 2. The van der Waals surface area contributed by atoms with Gasteiger partial charge in [0, 0.05) is 60.0 Å². The number of aromatic nitrogens is 4. The van der Waals surface area contributed by atoms with Gasteiger partial charge in [-0.3, -0.25) is 19.1 Å². The Morgan fingerprint density at radius 3 is 2.25 bits per heavy atom. The Morgan fingerprint density at radius 1 is 0.865 bits per heavy atom. The molecule has 2 amide bonds. The van der Waals surface area contributed by atoms with Crippen LogP contribution in [0, 0.1) is 17.6 Å². The first-order valence-electron chi connectivity index (χ1n) is 17.2. The zero-order valence-corrected chi connectivity index (χ0v) is 28.3. The van der Waals surface area contributed by atoms with Crippen molar-refractivity contribution in [3.8, 4) is 44.6 Å². The number of rotatable bonds is 9. The number of nitrogens with one attached hydrogen (secondary N) is 1. The van der Waals surface area contributed by atoms with Crippen LogP contribution in [0.25, 0.3) is 44.6 Å². The average molecular weight is 709 g/mol. The van der Waals surface area contributed by atoms with E-state index in [4.69, 9.17) is 21.9 Å². The SMILES string of the molecule is NC(=O)c1c(-c2ccc(-c3cc(-c4cnn(C5CCNCC5)c4)cnc3N)c(F)c2)n(CC2CCOCC2)c(C(N)=O)c(-c2ccc(F)cc2)c1=O. The van der Waals surface area contributed by atoms with Gasteiger partial charge in [-0.05, 0) is 74.5 Å². The minimum Gasteiger partial charge on any atom is -0.383 e. The number of nitrogens with two attached hydrogens (primary N) is 3. The number of hydrogen-bond acceptors (Lipinski definition) is 8. The first-order chi connectivity index (χ1) is 25.1. The summed E-state index contributed by atoms with van der Waals surface area (Å²) in [7, 11) is 0. The molecule has 5 heterocycles. The molecule has 268 valence electrons. The van der Waals surface area contributed by atoms with Gasteiger partial charge in [-0.25, -0.2) is 13.8 Å². The number of amides is 2. The first-order valence-corrected chi connectivity index (χ1v) is 17.2. The van der Waals surface area contributed by atoms with Gasteiger partial charge >= 0.3 is 0 Å². The number of nitrogens with zero attached hydrogens (tertiary/aromatic N) is 4. The molecule has 12 nitrogen and oxygen atoms in total. The summed E-state index contributed by atoms with van der Waals surface area (Å²) >= 11 is 0. The van der Waals surface area contributed by atoms with Crippen LogP contribution in [0.4, 0.5) is 14.6 Å². The summed E-state index contributed by atoms with van der Waals surface area (Å²) in [5, 5.41) is 7.91. The van der Waals surface area contributed by atoms with E-state index in [2.05, 4.69) is 15.4 Å². The van der Waals surface area contributed by atoms with Crippen LogP contribution in [-0.2, 0) is 11.3 Å². The number of piperidine rings is 1. The summed E-state index contributed by atoms with van der Waals surface area (Å²) in [6, 6.07) is 11.1. The Morgan fingerprint density at radius 2 is 1.58 bits per heavy atom. The zero-order valence-electron chi connectivity index (χ0n) is 28.3. The molecule has 7 rings (SSSR count). The number of pyridine rings is 2. The van der Waals surface area contributed by atoms with Crippen molar-refractivity contribution < 1.29 is 23.1 Å². The largest absolute Gasteiger partial charge is 0.383 e. The fourth-order valence-electron chi connectivity index (χ4n) is 7.25. The van der Waals surface area contributed by atoms with Gasteiger partial charge in [-0.2, -0.15) is 5.10 Å². The maximum Gasteiger partial charge on any atom is 0.266 e. The molecule has 7 N–H and O–H groups in total. The van der Waals surface area contributed by atoms with Crippen LogP contribution >= 0.6 is 0 Å². The van der Waals surface area contributed by atoms with Crippen molar-refractivity contribution in [2.45, 2.75) is 38.3 Å². The summed E-state index contributed by atoms with van der Waals surface area (Å²) in [5.74, 6) is -3.30. The lowest BCUT2D eigenvalue weighted by Gasteiger charge is -2.28. The van der Waals surface area contributed by atoms with Gasteiger partial charge in [0.1, 0.15) is 28.7 Å². The minimum absolute atomic E-state index is 0.0493. The molecular formula is C38H38F2N8O4. The Bertz CT molecular complexity index is 2220. The number of nitrogen functional groups attached to an aromatic ring is 1. The number of ether oxygens (including phenoxy) is 1. The Labute approximate surface area is 297 Å². The van der Waals surface area contributed by atoms with Crippen molar-refractivity contribution >= 4 is 17.6 Å². The van der Waals surface area contributed by atoms with Crippen LogP contribution in [-0.4, -0.2) is 57.4 Å². The van der Waals surface area contributed by atoms with Gasteiger partial charge in [0.05, 0.1) is 23.5 Å². The summed E-state index contributed by atoms with van der Waals surface area (Å²) < 4.78 is 39.3. The molecule has 0 atom stereocenters. The van der Waals surface area contributed by atoms with E-state index >= 15 is 4.39 Å². The predicted octanol–water partition coefficient (Wildman–Crippen LogP) is 4.52. The molecule has 0 saturated carbocycles. The molecule has 0 aliphatic carbocycles. The summed E-state index contributed by atoms with van der Waals surface area (Å²) in [4.78, 5) is 45.0. The second kappa shape index (κ2) is 14.5. The van der Waals surface area contributed by atoms with Crippen molar-refractivity contribution in [3.05, 3.63) is 100 Å². The van der Waals surface area contributed by atoms with E-state index in [9.17, 15) is 18.8 Å². The Kier molecular flexibility index (Phi) is 9.67. The first kappa shape index (κ1) is 34.7. The molecule has 14 heteroatoms. The highest BCUT2D eigenvalue weighted by atomic mass is 19.1. The van der Waals surface area contributed by atoms with E-state index in [0.717, 1.165) is 43.6 Å². The lowest BCUT2D eigenvalue weighted by molar-refractivity contribution is 0.0609. The quantitative estimate of drug-likeness (QED) is 0.172. The third kappa shape index (κ3) is 6.69. The van der Waals surface area contributed by atoms with Crippen LogP contribution in [0.1, 0.15) is 52.6 Å². The second-order valence-corrected chi connectivity index (χ2v) is 13.2. The van der Waals surface area contributed by atoms with Crippen LogP contribution in [0.2, 0.25) is 0 Å². The molecule has 3 aromatic heterocycles. The third-order valence-electron chi connectivity index (χ3n) is 9.93. The second-order valence-electron chi connectivity index (χ2n) is 13.2. The highest BCUT2D eigenvalue weighted by Gasteiger charge is 2.31. The Hall–Kier alpha value is -5.73. The van der Waals surface area contributed by atoms with Gasteiger partial charge < -0.3 is 31.8 Å². The number of anilines is 1. The molecule has 52 heavy (non-hydrogen) atoms. The molecule has 0 bridgehead atoms. The number of primary amides is 2. The zero-order chi connectivity index (χ0) is 36.5. The van der Waals surface area contributed by atoms with Crippen molar-refractivity contribution in [2.24, 2.45) is 17.4 Å². The van der Waals surface area contributed by atoms with Crippen molar-refractivity contribution in [2.75, 3.05) is 32.0 Å². The van der Waals surface area contributed by atoms with Gasteiger partial charge in [0.15, 0.2) is 0 Å². The lowest BCUT2D eigenvalue weighted by atomic mass is 9.92. The minimum atomic E-state index is -1.09. The van der Waals surface area contributed by atoms with Crippen molar-refractivity contribution in [1.29, 1.82) is 0 Å². The van der Waals surface area contributed by atoms with Crippen molar-refractivity contribution in [3.63, 3.8) is 0 Å². The lowest BCUT2D eigenvalue weighted by Crippen LogP contribution is -2.34. The monoisotopic (exact) mass is 708 g/mol. The summed E-state index contributed by atoms with van der Waals surface area (Å²) in [6.45, 7) is 2.90. The maximum absolute atomic E-state index is 16.4. The smallest absolute Gasteiger partial charge is 0.266 e. The molecule has 0 unspecified atom stereocenters. The van der Waals surface area contributed by atoms with Crippen molar-refractivity contribution in [1.82, 2.24) is 24.6 Å². The van der Waals surface area contributed by atoms with E-state index in [1.165, 1.54) is 34.9 Å². The highest BCUT2D eigenvalue weighted by Crippen LogP contribution is 2.36. The standard InChI is InChI=1S/C38H38F2N8O4/c39-26-4-1-22(2-5-26)31-34(38(43)51)47(19-21-9-13-52-14-10-21)33(32(35(31)49)37(42)50)23-3-6-28(30(40)16-23)29-15-24(17-45-36(29)41)25-18-46-48(20-25)27-7-11-44-12-8-27/h1-6,15-18,20-21,27,44H,7-14,19H2,(H2,41,45)(H2,42,50)(H2,43,51). The van der Waals surface area contributed by atoms with Gasteiger partial charge in [-0.1, -0.05) is 24.3 Å². The van der Waals surface area contributed by atoms with E-state index in [1.807, 2.05) is 10.9 Å². The molecule has 0 spiro atoms. The number of hydrogen-bond donors (Lipinski definition) is 4. The molecule has 5 aromatic rings. The molecular weight excluding hydrogens is 670 g/mol. The third-order valence-corrected chi connectivity index (χ3v) is 9.93. The molecule has 2 saturated heterocycles. The van der Waals surface area contributed by atoms with Gasteiger partial charge in [0.2, 0.25) is 5.43 Å². The summed E-state index contributed by atoms with van der Waals surface area (Å²) in [5.41, 5.74) is 18.5. The van der Waals surface area contributed by atoms with Crippen LogP contribution < -0.4 is 27.9 Å². The average Bonchev–Trinajstić information content (AvgIpc) is 3.64. The normalized spacial score (nSPS) is 15.5. The maximum atomic E-state index is 16.4. The van der Waals surface area contributed by atoms with E-state index in [-0.39, 0.29) is 58.0 Å². The molecule has 2 fully saturated rings. The molecule has 2 aliphatic rings. The van der Waals surface area contributed by atoms with E-state index in [0.29, 0.717) is 37.2 Å². The fourth-order valence-corrected chi connectivity index (χ4v) is 7.25. The van der Waals surface area contributed by atoms with Crippen LogP contribution in [0.3, 0.4) is 0 Å². The van der Waals surface area contributed by atoms with Crippen LogP contribution in [0.15, 0.2) is 71.9 Å². The van der Waals surface area contributed by atoms with Crippen LogP contribution in [0.5, 0.6) is 0 Å². The highest BCUT2D eigenvalue weighted by molar-refractivity contribution is 6.05. The van der Waals surface area contributed by atoms with Gasteiger partial charge in [0.25, 0.3) is 11.8 Å². The fraction of sp³-hybridized carbons (Fsp3) is 0.289. The molecule has 0 radical (unpaired) electrons. The Balaban J connectivity index is 1.37. The number of carbonyl (C=O) groups is 2. The van der Waals surface area contributed by atoms with Gasteiger partial charge in [-0.15, -0.1) is 0 Å². The summed E-state index contributed by atoms with van der Waals surface area (Å²) in [6.07, 6.45) is 8.45.